The molecule has 3 heteroatoms. The number of hydrogen-bond donors (Lipinski definition) is 0. The molecule has 0 amide bonds. The Morgan fingerprint density at radius 1 is 0.929 bits per heavy atom. The van der Waals surface area contributed by atoms with Crippen molar-refractivity contribution in [1.29, 1.82) is 0 Å². The maximum absolute atomic E-state index is 4.80. The lowest BCUT2D eigenvalue weighted by molar-refractivity contribution is 0.398. The van der Waals surface area contributed by atoms with Gasteiger partial charge in [-0.3, -0.25) is 4.98 Å². The van der Waals surface area contributed by atoms with E-state index in [0.717, 1.165) is 0 Å². The predicted molar refractivity (Wildman–Crippen MR) is 55.0 cm³/mol. The Balaban J connectivity index is 0.000000146. The average molecular weight is 188 g/mol. The highest BCUT2D eigenvalue weighted by Crippen LogP contribution is 1.99. The summed E-state index contributed by atoms with van der Waals surface area (Å²) >= 11 is 0. The van der Waals surface area contributed by atoms with Crippen molar-refractivity contribution in [1.82, 2.24) is 9.97 Å². The fourth-order valence-corrected chi connectivity index (χ4v) is 0.780. The molecule has 0 N–H and O–H groups in total. The lowest BCUT2D eigenvalue weighted by Crippen LogP contribution is -1.83. The van der Waals surface area contributed by atoms with Gasteiger partial charge in [0.25, 0.3) is 0 Å². The Labute approximate surface area is 83.4 Å². The summed E-state index contributed by atoms with van der Waals surface area (Å²) < 4.78 is 4.80. The maximum atomic E-state index is 4.80. The summed E-state index contributed by atoms with van der Waals surface area (Å²) in [6, 6.07) is 11.3. The number of pyridine rings is 2. The monoisotopic (exact) mass is 188 g/mol. The molecular formula is C11H12N2O. The second-order valence-electron chi connectivity index (χ2n) is 2.40. The predicted octanol–water partition coefficient (Wildman–Crippen LogP) is 2.17. The highest BCUT2D eigenvalue weighted by molar-refractivity contribution is 5.08. The van der Waals surface area contributed by atoms with Crippen molar-refractivity contribution in [2.75, 3.05) is 7.11 Å². The fraction of sp³-hybridized carbons (Fsp3) is 0.0909. The van der Waals surface area contributed by atoms with Crippen LogP contribution in [0.3, 0.4) is 0 Å². The number of ether oxygens (including phenoxy) is 1. The Bertz CT molecular complexity index is 297. The van der Waals surface area contributed by atoms with Crippen LogP contribution in [0, 0.1) is 0 Å². The van der Waals surface area contributed by atoms with Crippen molar-refractivity contribution in [2.24, 2.45) is 0 Å². The number of rotatable bonds is 1. The molecule has 3 nitrogen and oxygen atoms in total. The van der Waals surface area contributed by atoms with Crippen LogP contribution in [0.15, 0.2) is 55.0 Å². The zero-order valence-electron chi connectivity index (χ0n) is 8.00. The molecule has 0 bridgehead atoms. The Morgan fingerprint density at radius 3 is 1.93 bits per heavy atom. The van der Waals surface area contributed by atoms with Gasteiger partial charge in [-0.2, -0.15) is 0 Å². The summed E-state index contributed by atoms with van der Waals surface area (Å²) in [5.41, 5.74) is 0. The lowest BCUT2D eigenvalue weighted by Gasteiger charge is -1.92. The molecule has 72 valence electrons. The van der Waals surface area contributed by atoms with E-state index in [0.29, 0.717) is 5.88 Å². The molecule has 0 radical (unpaired) electrons. The van der Waals surface area contributed by atoms with Crippen LogP contribution >= 0.6 is 0 Å². The van der Waals surface area contributed by atoms with Crippen LogP contribution in [0.1, 0.15) is 0 Å². The Hall–Kier alpha value is -1.90. The molecule has 0 saturated heterocycles. The third kappa shape index (κ3) is 4.21. The van der Waals surface area contributed by atoms with Crippen LogP contribution < -0.4 is 4.74 Å². The van der Waals surface area contributed by atoms with Crippen LogP contribution in [-0.2, 0) is 0 Å². The minimum absolute atomic E-state index is 0.660. The van der Waals surface area contributed by atoms with E-state index in [4.69, 9.17) is 4.74 Å². The first kappa shape index (κ1) is 10.2. The molecule has 2 aromatic rings. The number of aromatic nitrogens is 2. The van der Waals surface area contributed by atoms with Crippen molar-refractivity contribution >= 4 is 0 Å². The van der Waals surface area contributed by atoms with Gasteiger partial charge >= 0.3 is 0 Å². The Kier molecular flexibility index (Phi) is 4.80. The van der Waals surface area contributed by atoms with Gasteiger partial charge in [0.2, 0.25) is 5.88 Å². The van der Waals surface area contributed by atoms with Gasteiger partial charge in [0.05, 0.1) is 7.11 Å². The molecule has 14 heavy (non-hydrogen) atoms. The first-order chi connectivity index (χ1) is 6.93. The van der Waals surface area contributed by atoms with Crippen molar-refractivity contribution in [2.45, 2.75) is 0 Å². The van der Waals surface area contributed by atoms with E-state index in [-0.39, 0.29) is 0 Å². The molecule has 0 aliphatic heterocycles. The zero-order chi connectivity index (χ0) is 10.1. The van der Waals surface area contributed by atoms with Crippen molar-refractivity contribution < 1.29 is 4.74 Å². The van der Waals surface area contributed by atoms with E-state index in [1.165, 1.54) is 0 Å². The molecule has 0 aliphatic rings. The highest BCUT2D eigenvalue weighted by Gasteiger charge is 1.82. The van der Waals surface area contributed by atoms with Gasteiger partial charge in [0.15, 0.2) is 0 Å². The SMILES string of the molecule is COc1ccccn1.c1ccncc1. The Morgan fingerprint density at radius 2 is 1.64 bits per heavy atom. The van der Waals surface area contributed by atoms with Crippen LogP contribution in [0.5, 0.6) is 5.88 Å². The van der Waals surface area contributed by atoms with E-state index in [1.54, 1.807) is 31.8 Å². The van der Waals surface area contributed by atoms with Crippen LogP contribution in [-0.4, -0.2) is 17.1 Å². The number of hydrogen-bond acceptors (Lipinski definition) is 3. The quantitative estimate of drug-likeness (QED) is 0.688. The van der Waals surface area contributed by atoms with Crippen molar-refractivity contribution in [3.8, 4) is 5.88 Å². The molecule has 0 fully saturated rings. The zero-order valence-corrected chi connectivity index (χ0v) is 8.00. The van der Waals surface area contributed by atoms with Gasteiger partial charge in [-0.15, -0.1) is 0 Å². The van der Waals surface area contributed by atoms with E-state index >= 15 is 0 Å². The first-order valence-corrected chi connectivity index (χ1v) is 4.23. The molecule has 0 atom stereocenters. The molecule has 2 heterocycles. The summed E-state index contributed by atoms with van der Waals surface area (Å²) in [5, 5.41) is 0. The molecule has 2 rings (SSSR count). The number of nitrogens with zero attached hydrogens (tertiary/aromatic N) is 2. The van der Waals surface area contributed by atoms with Gasteiger partial charge in [0.1, 0.15) is 0 Å². The van der Waals surface area contributed by atoms with Gasteiger partial charge in [0, 0.05) is 24.7 Å². The summed E-state index contributed by atoms with van der Waals surface area (Å²) in [7, 11) is 1.60. The standard InChI is InChI=1S/C6H7NO.C5H5N/c1-8-6-4-2-3-5-7-6;1-2-4-6-5-3-1/h2-5H,1H3;1-5H. The smallest absolute Gasteiger partial charge is 0.212 e. The summed E-state index contributed by atoms with van der Waals surface area (Å²) in [6.07, 6.45) is 5.19. The van der Waals surface area contributed by atoms with Crippen molar-refractivity contribution in [3.05, 3.63) is 55.0 Å². The molecule has 0 aromatic carbocycles. The first-order valence-electron chi connectivity index (χ1n) is 4.23. The van der Waals surface area contributed by atoms with Crippen LogP contribution in [0.25, 0.3) is 0 Å². The van der Waals surface area contributed by atoms with Gasteiger partial charge < -0.3 is 4.74 Å². The van der Waals surface area contributed by atoms with E-state index in [2.05, 4.69) is 9.97 Å². The van der Waals surface area contributed by atoms with Crippen LogP contribution in [0.2, 0.25) is 0 Å². The maximum Gasteiger partial charge on any atom is 0.212 e. The largest absolute Gasteiger partial charge is 0.481 e. The van der Waals surface area contributed by atoms with Crippen molar-refractivity contribution in [3.63, 3.8) is 0 Å². The summed E-state index contributed by atoms with van der Waals surface area (Å²) in [6.45, 7) is 0. The summed E-state index contributed by atoms with van der Waals surface area (Å²) in [4.78, 5) is 7.66. The van der Waals surface area contributed by atoms with Gasteiger partial charge in [-0.05, 0) is 18.2 Å². The second-order valence-corrected chi connectivity index (χ2v) is 2.40. The molecule has 0 spiro atoms. The topological polar surface area (TPSA) is 35.0 Å². The van der Waals surface area contributed by atoms with Gasteiger partial charge in [-0.1, -0.05) is 12.1 Å². The molecule has 0 aliphatic carbocycles. The minimum Gasteiger partial charge on any atom is -0.481 e. The third-order valence-corrected chi connectivity index (χ3v) is 1.41. The fourth-order valence-electron chi connectivity index (χ4n) is 0.780. The molecule has 0 saturated carbocycles. The average Bonchev–Trinajstić information content (AvgIpc) is 2.33. The number of methoxy groups -OCH3 is 1. The second kappa shape index (κ2) is 6.60. The molecular weight excluding hydrogens is 176 g/mol. The van der Waals surface area contributed by atoms with E-state index < -0.39 is 0 Å². The minimum atomic E-state index is 0.660. The third-order valence-electron chi connectivity index (χ3n) is 1.41. The van der Waals surface area contributed by atoms with E-state index in [1.807, 2.05) is 30.3 Å². The molecule has 2 aromatic heterocycles. The lowest BCUT2D eigenvalue weighted by atomic mass is 10.5. The summed E-state index contributed by atoms with van der Waals surface area (Å²) in [5.74, 6) is 0.660. The van der Waals surface area contributed by atoms with E-state index in [9.17, 15) is 0 Å². The normalized spacial score (nSPS) is 8.36. The molecule has 0 unspecified atom stereocenters. The van der Waals surface area contributed by atoms with Gasteiger partial charge in [-0.25, -0.2) is 4.98 Å². The highest BCUT2D eigenvalue weighted by atomic mass is 16.5. The van der Waals surface area contributed by atoms with Crippen LogP contribution in [0.4, 0.5) is 0 Å².